The summed E-state index contributed by atoms with van der Waals surface area (Å²) in [5.41, 5.74) is 8.85. The predicted molar refractivity (Wildman–Crippen MR) is 135 cm³/mol. The maximum Gasteiger partial charge on any atom is 0.172 e. The molecule has 0 amide bonds. The van der Waals surface area contributed by atoms with Crippen molar-refractivity contribution in [3.63, 3.8) is 0 Å². The van der Waals surface area contributed by atoms with Gasteiger partial charge in [-0.1, -0.05) is 30.3 Å². The van der Waals surface area contributed by atoms with Crippen LogP contribution in [-0.2, 0) is 28.7 Å². The SMILES string of the molecule is CN.c1ccc2c(N3CCN(CCc4ccc5c(c4)CCC4(C5)OCCO4)CC3)nsc2c1. The molecular weight excluding hydrogens is 432 g/mol. The van der Waals surface area contributed by atoms with Crippen LogP contribution < -0.4 is 10.6 Å². The van der Waals surface area contributed by atoms with Gasteiger partial charge in [-0.05, 0) is 60.2 Å². The molecule has 2 aromatic carbocycles. The standard InChI is InChI=1S/C25H29N3O2S.CH5N/c1-2-4-23-22(3-1)24(26-31-23)28-13-11-27(12-14-28)10-8-19-5-6-21-18-25(29-15-16-30-25)9-7-20(21)17-19;1-2/h1-6,17H,7-16,18H2;2H2,1H3. The molecule has 1 aliphatic carbocycles. The van der Waals surface area contributed by atoms with Crippen molar-refractivity contribution < 1.29 is 9.47 Å². The number of anilines is 1. The number of hydrogen-bond donors (Lipinski definition) is 1. The number of fused-ring (bicyclic) bond motifs is 2. The molecule has 0 bridgehead atoms. The van der Waals surface area contributed by atoms with Crippen LogP contribution in [0.15, 0.2) is 42.5 Å². The highest BCUT2D eigenvalue weighted by Crippen LogP contribution is 2.35. The van der Waals surface area contributed by atoms with Crippen molar-refractivity contribution in [1.82, 2.24) is 9.27 Å². The Morgan fingerprint density at radius 2 is 1.79 bits per heavy atom. The molecule has 3 aliphatic rings. The van der Waals surface area contributed by atoms with Gasteiger partial charge in [0.1, 0.15) is 5.82 Å². The topological polar surface area (TPSA) is 63.9 Å². The van der Waals surface area contributed by atoms with Crippen molar-refractivity contribution in [2.75, 3.05) is 57.9 Å². The van der Waals surface area contributed by atoms with Gasteiger partial charge in [-0.2, -0.15) is 4.37 Å². The maximum atomic E-state index is 5.92. The highest BCUT2D eigenvalue weighted by atomic mass is 32.1. The van der Waals surface area contributed by atoms with Crippen LogP contribution in [0.5, 0.6) is 0 Å². The summed E-state index contributed by atoms with van der Waals surface area (Å²) in [6.45, 7) is 6.92. The lowest BCUT2D eigenvalue weighted by Crippen LogP contribution is -2.47. The summed E-state index contributed by atoms with van der Waals surface area (Å²) in [5, 5.41) is 1.30. The lowest BCUT2D eigenvalue weighted by molar-refractivity contribution is -0.163. The molecule has 7 heteroatoms. The Balaban J connectivity index is 0.00000111. The maximum absolute atomic E-state index is 5.92. The van der Waals surface area contributed by atoms with Gasteiger partial charge in [0.2, 0.25) is 0 Å². The van der Waals surface area contributed by atoms with Crippen LogP contribution in [0.3, 0.4) is 0 Å². The highest BCUT2D eigenvalue weighted by molar-refractivity contribution is 7.13. The lowest BCUT2D eigenvalue weighted by Gasteiger charge is -2.35. The Kier molecular flexibility index (Phi) is 6.94. The van der Waals surface area contributed by atoms with Gasteiger partial charge in [0, 0.05) is 51.0 Å². The molecule has 0 atom stereocenters. The van der Waals surface area contributed by atoms with E-state index >= 15 is 0 Å². The zero-order valence-electron chi connectivity index (χ0n) is 19.5. The Hall–Kier alpha value is -2.03. The summed E-state index contributed by atoms with van der Waals surface area (Å²) in [4.78, 5) is 5.05. The van der Waals surface area contributed by atoms with E-state index in [-0.39, 0.29) is 5.79 Å². The minimum atomic E-state index is -0.336. The monoisotopic (exact) mass is 466 g/mol. The highest BCUT2D eigenvalue weighted by Gasteiger charge is 2.39. The average molecular weight is 467 g/mol. The van der Waals surface area contributed by atoms with E-state index in [1.165, 1.54) is 39.6 Å². The van der Waals surface area contributed by atoms with E-state index in [4.69, 9.17) is 13.8 Å². The van der Waals surface area contributed by atoms with Crippen LogP contribution in [0.1, 0.15) is 23.1 Å². The number of aromatic nitrogens is 1. The van der Waals surface area contributed by atoms with E-state index in [2.05, 4.69) is 58.0 Å². The molecule has 1 spiro atoms. The lowest BCUT2D eigenvalue weighted by atomic mass is 9.86. The molecule has 3 heterocycles. The summed E-state index contributed by atoms with van der Waals surface area (Å²) in [5.74, 6) is 0.833. The fourth-order valence-corrected chi connectivity index (χ4v) is 6.05. The van der Waals surface area contributed by atoms with Crippen LogP contribution in [0, 0.1) is 0 Å². The second kappa shape index (κ2) is 10.1. The number of nitrogens with zero attached hydrogens (tertiary/aromatic N) is 3. The average Bonchev–Trinajstić information content (AvgIpc) is 3.52. The van der Waals surface area contributed by atoms with E-state index < -0.39 is 0 Å². The first-order chi connectivity index (χ1) is 16.3. The summed E-state index contributed by atoms with van der Waals surface area (Å²) >= 11 is 1.61. The van der Waals surface area contributed by atoms with E-state index in [9.17, 15) is 0 Å². The van der Waals surface area contributed by atoms with E-state index in [1.54, 1.807) is 11.5 Å². The molecule has 6 nitrogen and oxygen atoms in total. The van der Waals surface area contributed by atoms with E-state index in [1.807, 2.05) is 0 Å². The molecule has 33 heavy (non-hydrogen) atoms. The molecule has 2 fully saturated rings. The molecule has 2 aliphatic heterocycles. The molecule has 0 radical (unpaired) electrons. The number of rotatable bonds is 4. The van der Waals surface area contributed by atoms with Crippen LogP contribution in [0.25, 0.3) is 10.1 Å². The Labute approximate surface area is 200 Å². The normalized spacial score (nSPS) is 20.0. The second-order valence-electron chi connectivity index (χ2n) is 8.97. The largest absolute Gasteiger partial charge is 0.353 e. The van der Waals surface area contributed by atoms with E-state index in [0.717, 1.165) is 71.6 Å². The summed E-state index contributed by atoms with van der Waals surface area (Å²) < 4.78 is 17.9. The fraction of sp³-hybridized carbons (Fsp3) is 0.500. The number of piperazine rings is 1. The molecule has 2 N–H and O–H groups in total. The van der Waals surface area contributed by atoms with Gasteiger partial charge in [-0.25, -0.2) is 0 Å². The van der Waals surface area contributed by atoms with Gasteiger partial charge < -0.3 is 20.1 Å². The Morgan fingerprint density at radius 1 is 1.00 bits per heavy atom. The zero-order valence-corrected chi connectivity index (χ0v) is 20.3. The van der Waals surface area contributed by atoms with Crippen LogP contribution in [0.2, 0.25) is 0 Å². The number of nitrogens with two attached hydrogens (primary N) is 1. The number of ether oxygens (including phenoxy) is 2. The Morgan fingerprint density at radius 3 is 2.61 bits per heavy atom. The summed E-state index contributed by atoms with van der Waals surface area (Å²) in [7, 11) is 1.50. The molecule has 0 unspecified atom stereocenters. The molecule has 0 saturated carbocycles. The molecule has 1 aromatic heterocycles. The number of benzene rings is 2. The third-order valence-electron chi connectivity index (χ3n) is 7.07. The van der Waals surface area contributed by atoms with Crippen LogP contribution >= 0.6 is 11.5 Å². The van der Waals surface area contributed by atoms with Crippen molar-refractivity contribution in [2.45, 2.75) is 31.5 Å². The zero-order chi connectivity index (χ0) is 22.7. The van der Waals surface area contributed by atoms with Crippen molar-refractivity contribution >= 4 is 27.4 Å². The van der Waals surface area contributed by atoms with Gasteiger partial charge in [0.25, 0.3) is 0 Å². The molecule has 3 aromatic rings. The molecule has 176 valence electrons. The predicted octanol–water partition coefficient (Wildman–Crippen LogP) is 3.47. The molecule has 2 saturated heterocycles. The third-order valence-corrected chi connectivity index (χ3v) is 7.88. The van der Waals surface area contributed by atoms with Crippen LogP contribution in [0.4, 0.5) is 5.82 Å². The molecular formula is C26H34N4O2S. The van der Waals surface area contributed by atoms with Crippen molar-refractivity contribution in [1.29, 1.82) is 0 Å². The second-order valence-corrected chi connectivity index (χ2v) is 9.77. The summed E-state index contributed by atoms with van der Waals surface area (Å²) in [6.07, 6.45) is 4.06. The van der Waals surface area contributed by atoms with Gasteiger partial charge in [-0.3, -0.25) is 4.90 Å². The first-order valence-electron chi connectivity index (χ1n) is 12.1. The Bertz CT molecular complexity index is 1070. The van der Waals surface area contributed by atoms with Gasteiger partial charge in [0.05, 0.1) is 17.9 Å². The van der Waals surface area contributed by atoms with Gasteiger partial charge in [-0.15, -0.1) is 0 Å². The van der Waals surface area contributed by atoms with Crippen LogP contribution in [-0.4, -0.2) is 68.0 Å². The van der Waals surface area contributed by atoms with Gasteiger partial charge in [0.15, 0.2) is 5.79 Å². The minimum absolute atomic E-state index is 0.336. The number of aryl methyl sites for hydroxylation is 1. The fourth-order valence-electron chi connectivity index (χ4n) is 5.26. The van der Waals surface area contributed by atoms with E-state index in [0.29, 0.717) is 0 Å². The van der Waals surface area contributed by atoms with Crippen molar-refractivity contribution in [3.05, 3.63) is 59.2 Å². The number of hydrogen-bond acceptors (Lipinski definition) is 7. The van der Waals surface area contributed by atoms with Crippen molar-refractivity contribution in [2.24, 2.45) is 5.73 Å². The minimum Gasteiger partial charge on any atom is -0.353 e. The van der Waals surface area contributed by atoms with Crippen molar-refractivity contribution in [3.8, 4) is 0 Å². The summed E-state index contributed by atoms with van der Waals surface area (Å²) in [6, 6.07) is 15.6. The first-order valence-corrected chi connectivity index (χ1v) is 12.8. The molecule has 6 rings (SSSR count). The quantitative estimate of drug-likeness (QED) is 0.635. The first kappa shape index (κ1) is 22.7. The third kappa shape index (κ3) is 4.79. The van der Waals surface area contributed by atoms with Gasteiger partial charge >= 0.3 is 0 Å². The smallest absolute Gasteiger partial charge is 0.172 e.